The van der Waals surface area contributed by atoms with E-state index in [4.69, 9.17) is 4.74 Å². The van der Waals surface area contributed by atoms with E-state index in [0.717, 1.165) is 17.5 Å². The highest BCUT2D eigenvalue weighted by Gasteiger charge is 2.22. The summed E-state index contributed by atoms with van der Waals surface area (Å²) in [6.45, 7) is 3.43. The zero-order valence-corrected chi connectivity index (χ0v) is 13.6. The summed E-state index contributed by atoms with van der Waals surface area (Å²) in [7, 11) is 0. The van der Waals surface area contributed by atoms with E-state index in [1.165, 1.54) is 6.07 Å². The Hall–Kier alpha value is -2.63. The Kier molecular flexibility index (Phi) is 4.93. The number of hydrogen-bond acceptors (Lipinski definition) is 3. The van der Waals surface area contributed by atoms with Crippen molar-refractivity contribution in [3.63, 3.8) is 0 Å². The van der Waals surface area contributed by atoms with E-state index < -0.39 is 0 Å². The van der Waals surface area contributed by atoms with Gasteiger partial charge in [0.1, 0.15) is 18.2 Å². The maximum atomic E-state index is 14.0. The molecule has 0 saturated carbocycles. The van der Waals surface area contributed by atoms with Gasteiger partial charge in [0.2, 0.25) is 0 Å². The van der Waals surface area contributed by atoms with Crippen LogP contribution in [-0.2, 0) is 19.5 Å². The quantitative estimate of drug-likeness (QED) is 0.942. The predicted molar refractivity (Wildman–Crippen MR) is 88.2 cm³/mol. The molecule has 2 aromatic rings. The third kappa shape index (κ3) is 3.48. The standard InChI is InChI=1S/C18H20FN3O2/c1-2-13-10-20-7-6-14(13)11-21-18(23)22-8-9-24-17-5-3-4-16(19)15(17)12-22/h3-7,10H,2,8-9,11-12H2,1H3,(H,21,23). The van der Waals surface area contributed by atoms with Crippen molar-refractivity contribution in [1.82, 2.24) is 15.2 Å². The van der Waals surface area contributed by atoms with Crippen molar-refractivity contribution in [1.29, 1.82) is 0 Å². The molecule has 0 spiro atoms. The number of pyridine rings is 1. The van der Waals surface area contributed by atoms with Crippen LogP contribution < -0.4 is 10.1 Å². The van der Waals surface area contributed by atoms with Gasteiger partial charge in [-0.15, -0.1) is 0 Å². The molecule has 3 rings (SSSR count). The fourth-order valence-electron chi connectivity index (χ4n) is 2.77. The highest BCUT2D eigenvalue weighted by Crippen LogP contribution is 2.25. The van der Waals surface area contributed by atoms with E-state index in [1.807, 2.05) is 19.2 Å². The van der Waals surface area contributed by atoms with Crippen LogP contribution in [-0.4, -0.2) is 29.1 Å². The van der Waals surface area contributed by atoms with Crippen LogP contribution in [0.4, 0.5) is 9.18 Å². The number of aryl methyl sites for hydroxylation is 1. The molecule has 0 fully saturated rings. The van der Waals surface area contributed by atoms with Crippen LogP contribution >= 0.6 is 0 Å². The van der Waals surface area contributed by atoms with E-state index in [2.05, 4.69) is 10.3 Å². The van der Waals surface area contributed by atoms with Gasteiger partial charge in [-0.3, -0.25) is 4.98 Å². The molecule has 0 unspecified atom stereocenters. The summed E-state index contributed by atoms with van der Waals surface area (Å²) >= 11 is 0. The largest absolute Gasteiger partial charge is 0.491 e. The maximum Gasteiger partial charge on any atom is 0.318 e. The number of urea groups is 1. The van der Waals surface area contributed by atoms with Crippen molar-refractivity contribution < 1.29 is 13.9 Å². The topological polar surface area (TPSA) is 54.5 Å². The Morgan fingerprint density at radius 1 is 1.38 bits per heavy atom. The first-order valence-electron chi connectivity index (χ1n) is 8.03. The highest BCUT2D eigenvalue weighted by molar-refractivity contribution is 5.74. The summed E-state index contributed by atoms with van der Waals surface area (Å²) in [6.07, 6.45) is 4.38. The first-order chi connectivity index (χ1) is 11.7. The number of hydrogen-bond donors (Lipinski definition) is 1. The van der Waals surface area contributed by atoms with Gasteiger partial charge in [0.05, 0.1) is 13.1 Å². The van der Waals surface area contributed by atoms with Crippen molar-refractivity contribution in [3.8, 4) is 5.75 Å². The van der Waals surface area contributed by atoms with Gasteiger partial charge in [0, 0.05) is 24.5 Å². The van der Waals surface area contributed by atoms with Crippen LogP contribution in [0.1, 0.15) is 23.6 Å². The molecule has 1 aromatic heterocycles. The molecular weight excluding hydrogens is 309 g/mol. The summed E-state index contributed by atoms with van der Waals surface area (Å²) in [4.78, 5) is 18.1. The summed E-state index contributed by atoms with van der Waals surface area (Å²) < 4.78 is 19.5. The molecule has 1 aliphatic heterocycles. The Bertz CT molecular complexity index is 736. The summed E-state index contributed by atoms with van der Waals surface area (Å²) in [5.74, 6) is 0.155. The number of nitrogens with one attached hydrogen (secondary N) is 1. The number of rotatable bonds is 3. The van der Waals surface area contributed by atoms with Crippen molar-refractivity contribution in [3.05, 3.63) is 59.2 Å². The van der Waals surface area contributed by atoms with E-state index in [1.54, 1.807) is 23.2 Å². The van der Waals surface area contributed by atoms with Crippen molar-refractivity contribution >= 4 is 6.03 Å². The second-order valence-corrected chi connectivity index (χ2v) is 5.64. The first kappa shape index (κ1) is 16.2. The van der Waals surface area contributed by atoms with Gasteiger partial charge in [-0.1, -0.05) is 13.0 Å². The average molecular weight is 329 g/mol. The Morgan fingerprint density at radius 3 is 3.08 bits per heavy atom. The molecule has 0 saturated heterocycles. The summed E-state index contributed by atoms with van der Waals surface area (Å²) in [5, 5.41) is 2.90. The Labute approximate surface area is 140 Å². The second kappa shape index (κ2) is 7.29. The zero-order chi connectivity index (χ0) is 16.9. The van der Waals surface area contributed by atoms with Crippen LogP contribution in [0.3, 0.4) is 0 Å². The number of carbonyl (C=O) groups is 1. The number of benzene rings is 1. The first-order valence-corrected chi connectivity index (χ1v) is 8.03. The number of fused-ring (bicyclic) bond motifs is 1. The predicted octanol–water partition coefficient (Wildman–Crippen LogP) is 2.89. The molecule has 24 heavy (non-hydrogen) atoms. The maximum absolute atomic E-state index is 14.0. The molecular formula is C18H20FN3O2. The van der Waals surface area contributed by atoms with Gasteiger partial charge >= 0.3 is 6.03 Å². The van der Waals surface area contributed by atoms with Crippen LogP contribution in [0, 0.1) is 5.82 Å². The summed E-state index contributed by atoms with van der Waals surface area (Å²) in [5.41, 5.74) is 2.57. The smallest absolute Gasteiger partial charge is 0.318 e. The van der Waals surface area contributed by atoms with Crippen molar-refractivity contribution in [2.45, 2.75) is 26.4 Å². The average Bonchev–Trinajstić information content (AvgIpc) is 2.83. The fraction of sp³-hybridized carbons (Fsp3) is 0.333. The molecule has 2 heterocycles. The molecule has 1 aliphatic rings. The van der Waals surface area contributed by atoms with E-state index in [-0.39, 0.29) is 18.4 Å². The second-order valence-electron chi connectivity index (χ2n) is 5.64. The number of aromatic nitrogens is 1. The van der Waals surface area contributed by atoms with E-state index >= 15 is 0 Å². The molecule has 2 amide bonds. The SMILES string of the molecule is CCc1cnccc1CNC(=O)N1CCOc2cccc(F)c2C1. The zero-order valence-electron chi connectivity index (χ0n) is 13.6. The molecule has 126 valence electrons. The number of amides is 2. The van der Waals surface area contributed by atoms with E-state index in [9.17, 15) is 9.18 Å². The van der Waals surface area contributed by atoms with Gasteiger partial charge in [0.25, 0.3) is 0 Å². The lowest BCUT2D eigenvalue weighted by molar-refractivity contribution is 0.187. The van der Waals surface area contributed by atoms with Gasteiger partial charge in [-0.2, -0.15) is 0 Å². The Morgan fingerprint density at radius 2 is 2.25 bits per heavy atom. The van der Waals surface area contributed by atoms with Gasteiger partial charge in [0.15, 0.2) is 0 Å². The highest BCUT2D eigenvalue weighted by atomic mass is 19.1. The third-order valence-electron chi connectivity index (χ3n) is 4.15. The fourth-order valence-corrected chi connectivity index (χ4v) is 2.77. The number of carbonyl (C=O) groups excluding carboxylic acids is 1. The van der Waals surface area contributed by atoms with Crippen molar-refractivity contribution in [2.24, 2.45) is 0 Å². The lowest BCUT2D eigenvalue weighted by atomic mass is 10.1. The molecule has 0 atom stereocenters. The molecule has 5 nitrogen and oxygen atoms in total. The molecule has 0 aliphatic carbocycles. The number of ether oxygens (including phenoxy) is 1. The van der Waals surface area contributed by atoms with Crippen LogP contribution in [0.15, 0.2) is 36.7 Å². The lowest BCUT2D eigenvalue weighted by Gasteiger charge is -2.21. The minimum atomic E-state index is -0.352. The monoisotopic (exact) mass is 329 g/mol. The molecule has 0 radical (unpaired) electrons. The number of nitrogens with zero attached hydrogens (tertiary/aromatic N) is 2. The number of halogens is 1. The third-order valence-corrected chi connectivity index (χ3v) is 4.15. The normalized spacial score (nSPS) is 13.7. The molecule has 1 N–H and O–H groups in total. The van der Waals surface area contributed by atoms with Gasteiger partial charge in [-0.05, 0) is 35.7 Å². The minimum Gasteiger partial charge on any atom is -0.491 e. The van der Waals surface area contributed by atoms with E-state index in [0.29, 0.717) is 31.0 Å². The van der Waals surface area contributed by atoms with Crippen molar-refractivity contribution in [2.75, 3.05) is 13.2 Å². The molecule has 1 aromatic carbocycles. The molecule has 6 heteroatoms. The Balaban J connectivity index is 1.68. The molecule has 0 bridgehead atoms. The minimum absolute atomic E-state index is 0.199. The van der Waals surface area contributed by atoms with Crippen LogP contribution in [0.2, 0.25) is 0 Å². The van der Waals surface area contributed by atoms with Gasteiger partial charge < -0.3 is 15.0 Å². The van der Waals surface area contributed by atoms with Crippen LogP contribution in [0.25, 0.3) is 0 Å². The van der Waals surface area contributed by atoms with Gasteiger partial charge in [-0.25, -0.2) is 9.18 Å². The summed E-state index contributed by atoms with van der Waals surface area (Å²) in [6, 6.07) is 6.39. The van der Waals surface area contributed by atoms with Crippen LogP contribution in [0.5, 0.6) is 5.75 Å². The lowest BCUT2D eigenvalue weighted by Crippen LogP contribution is -2.40.